The first-order valence-electron chi connectivity index (χ1n) is 6.70. The van der Waals surface area contributed by atoms with Gasteiger partial charge in [-0.2, -0.15) is 0 Å². The van der Waals surface area contributed by atoms with Crippen LogP contribution in [0.15, 0.2) is 16.9 Å². The summed E-state index contributed by atoms with van der Waals surface area (Å²) in [6.45, 7) is 6.13. The fourth-order valence-electron chi connectivity index (χ4n) is 2.40. The van der Waals surface area contributed by atoms with Crippen molar-refractivity contribution in [3.8, 4) is 0 Å². The number of piperazine rings is 1. The van der Waals surface area contributed by atoms with E-state index in [2.05, 4.69) is 34.8 Å². The summed E-state index contributed by atoms with van der Waals surface area (Å²) in [5.41, 5.74) is 0.335. The molecule has 1 aromatic heterocycles. The molecule has 0 saturated carbocycles. The van der Waals surface area contributed by atoms with Gasteiger partial charge in [-0.15, -0.1) is 0 Å². The van der Waals surface area contributed by atoms with Gasteiger partial charge in [0.05, 0.1) is 15.9 Å². The van der Waals surface area contributed by atoms with Gasteiger partial charge in [0.1, 0.15) is 11.9 Å². The van der Waals surface area contributed by atoms with Crippen LogP contribution in [0, 0.1) is 16.0 Å². The van der Waals surface area contributed by atoms with Crippen LogP contribution in [0.2, 0.25) is 0 Å². The van der Waals surface area contributed by atoms with Crippen molar-refractivity contribution in [1.29, 1.82) is 0 Å². The lowest BCUT2D eigenvalue weighted by atomic mass is 10.1. The van der Waals surface area contributed by atoms with Crippen molar-refractivity contribution >= 4 is 33.2 Å². The number of carbonyl (C=O) groups excluding carboxylic acids is 1. The van der Waals surface area contributed by atoms with E-state index >= 15 is 0 Å². The minimum atomic E-state index is -0.474. The molecule has 7 nitrogen and oxygen atoms in total. The molecule has 21 heavy (non-hydrogen) atoms. The van der Waals surface area contributed by atoms with Crippen molar-refractivity contribution in [2.45, 2.75) is 13.8 Å². The van der Waals surface area contributed by atoms with Crippen LogP contribution in [0.5, 0.6) is 0 Å². The predicted molar refractivity (Wildman–Crippen MR) is 82.2 cm³/mol. The van der Waals surface area contributed by atoms with Crippen LogP contribution in [0.25, 0.3) is 0 Å². The number of nitrogens with zero attached hydrogens (tertiary/aromatic N) is 4. The molecule has 1 amide bonds. The van der Waals surface area contributed by atoms with Crippen LogP contribution in [-0.2, 0) is 4.79 Å². The Kier molecular flexibility index (Phi) is 4.76. The van der Waals surface area contributed by atoms with Gasteiger partial charge in [0.15, 0.2) is 0 Å². The van der Waals surface area contributed by atoms with Gasteiger partial charge in [0, 0.05) is 25.8 Å². The van der Waals surface area contributed by atoms with E-state index < -0.39 is 4.92 Å². The number of hydrogen-bond donors (Lipinski definition) is 0. The van der Waals surface area contributed by atoms with Crippen LogP contribution in [0.3, 0.4) is 0 Å². The lowest BCUT2D eigenvalue weighted by Gasteiger charge is -2.36. The molecule has 0 spiro atoms. The Morgan fingerprint density at radius 1 is 1.43 bits per heavy atom. The molecular formula is C13H17BrN4O3. The summed E-state index contributed by atoms with van der Waals surface area (Å²) in [4.78, 5) is 30.2. The van der Waals surface area contributed by atoms with Crippen molar-refractivity contribution in [3.05, 3.63) is 27.0 Å². The first kappa shape index (κ1) is 15.7. The number of aromatic nitrogens is 1. The smallest absolute Gasteiger partial charge is 0.311 e. The lowest BCUT2D eigenvalue weighted by molar-refractivity contribution is -0.384. The van der Waals surface area contributed by atoms with Crippen molar-refractivity contribution in [2.75, 3.05) is 31.1 Å². The second-order valence-corrected chi connectivity index (χ2v) is 6.26. The molecule has 1 fully saturated rings. The Labute approximate surface area is 131 Å². The van der Waals surface area contributed by atoms with E-state index in [-0.39, 0.29) is 18.1 Å². The monoisotopic (exact) mass is 356 g/mol. The SMILES string of the molecule is CC(C)CN1CCN(c2c(Br)cncc2[N+](=O)[O-])CC1=O. The third-order valence-electron chi connectivity index (χ3n) is 3.27. The molecule has 1 saturated heterocycles. The molecule has 0 bridgehead atoms. The third kappa shape index (κ3) is 3.49. The van der Waals surface area contributed by atoms with E-state index in [1.807, 2.05) is 4.90 Å². The van der Waals surface area contributed by atoms with Gasteiger partial charge in [-0.1, -0.05) is 13.8 Å². The van der Waals surface area contributed by atoms with Crippen LogP contribution >= 0.6 is 15.9 Å². The van der Waals surface area contributed by atoms with Crippen molar-refractivity contribution < 1.29 is 9.72 Å². The van der Waals surface area contributed by atoms with Gasteiger partial charge in [0.25, 0.3) is 0 Å². The van der Waals surface area contributed by atoms with E-state index in [1.165, 1.54) is 12.4 Å². The van der Waals surface area contributed by atoms with Gasteiger partial charge in [-0.05, 0) is 21.8 Å². The third-order valence-corrected chi connectivity index (χ3v) is 3.85. The van der Waals surface area contributed by atoms with E-state index in [0.29, 0.717) is 35.7 Å². The summed E-state index contributed by atoms with van der Waals surface area (Å²) >= 11 is 3.29. The van der Waals surface area contributed by atoms with E-state index in [1.54, 1.807) is 4.90 Å². The predicted octanol–water partition coefficient (Wildman–Crippen LogP) is 2.06. The second kappa shape index (κ2) is 6.38. The molecule has 1 aliphatic heterocycles. The molecule has 2 rings (SSSR count). The molecule has 8 heteroatoms. The first-order valence-corrected chi connectivity index (χ1v) is 7.50. The number of nitro groups is 1. The topological polar surface area (TPSA) is 79.6 Å². The Morgan fingerprint density at radius 2 is 2.14 bits per heavy atom. The number of amides is 1. The minimum absolute atomic E-state index is 0.00652. The zero-order valence-corrected chi connectivity index (χ0v) is 13.5. The second-order valence-electron chi connectivity index (χ2n) is 5.40. The molecular weight excluding hydrogens is 340 g/mol. The van der Waals surface area contributed by atoms with Crippen LogP contribution in [0.4, 0.5) is 11.4 Å². The highest BCUT2D eigenvalue weighted by Crippen LogP contribution is 2.35. The largest absolute Gasteiger partial charge is 0.354 e. The summed E-state index contributed by atoms with van der Waals surface area (Å²) in [6.07, 6.45) is 2.72. The summed E-state index contributed by atoms with van der Waals surface area (Å²) in [5, 5.41) is 11.1. The van der Waals surface area contributed by atoms with E-state index in [4.69, 9.17) is 0 Å². The highest BCUT2D eigenvalue weighted by molar-refractivity contribution is 9.10. The maximum atomic E-state index is 12.2. The van der Waals surface area contributed by atoms with E-state index in [9.17, 15) is 14.9 Å². The van der Waals surface area contributed by atoms with Crippen molar-refractivity contribution in [2.24, 2.45) is 5.92 Å². The number of anilines is 1. The summed E-state index contributed by atoms with van der Waals surface area (Å²) < 4.78 is 0.529. The molecule has 2 heterocycles. The Morgan fingerprint density at radius 3 is 2.71 bits per heavy atom. The zero-order chi connectivity index (χ0) is 15.6. The van der Waals surface area contributed by atoms with Crippen LogP contribution < -0.4 is 4.90 Å². The standard InChI is InChI=1S/C13H17BrN4O3/c1-9(2)7-16-3-4-17(8-12(16)19)13-10(14)5-15-6-11(13)18(20)21/h5-6,9H,3-4,7-8H2,1-2H3. The van der Waals surface area contributed by atoms with Gasteiger partial charge < -0.3 is 9.80 Å². The molecule has 0 aliphatic carbocycles. The quantitative estimate of drug-likeness (QED) is 0.609. The van der Waals surface area contributed by atoms with Gasteiger partial charge in [-0.25, -0.2) is 0 Å². The highest BCUT2D eigenvalue weighted by Gasteiger charge is 2.30. The molecule has 1 aromatic rings. The number of halogens is 1. The first-order chi connectivity index (χ1) is 9.90. The molecule has 0 radical (unpaired) electrons. The lowest BCUT2D eigenvalue weighted by Crippen LogP contribution is -2.51. The maximum absolute atomic E-state index is 12.2. The molecule has 0 unspecified atom stereocenters. The van der Waals surface area contributed by atoms with Crippen LogP contribution in [-0.4, -0.2) is 46.9 Å². The Hall–Kier alpha value is -1.70. The Bertz CT molecular complexity index is 564. The van der Waals surface area contributed by atoms with Crippen molar-refractivity contribution in [1.82, 2.24) is 9.88 Å². The maximum Gasteiger partial charge on any atom is 0.311 e. The zero-order valence-electron chi connectivity index (χ0n) is 12.0. The molecule has 0 aromatic carbocycles. The number of pyridine rings is 1. The van der Waals surface area contributed by atoms with Gasteiger partial charge >= 0.3 is 5.69 Å². The molecule has 0 N–H and O–H groups in total. The fourth-order valence-corrected chi connectivity index (χ4v) is 2.97. The van der Waals surface area contributed by atoms with Crippen molar-refractivity contribution in [3.63, 3.8) is 0 Å². The normalized spacial score (nSPS) is 15.7. The summed E-state index contributed by atoms with van der Waals surface area (Å²) in [5.74, 6) is 0.399. The summed E-state index contributed by atoms with van der Waals surface area (Å²) in [7, 11) is 0. The molecule has 1 aliphatic rings. The average Bonchev–Trinajstić information content (AvgIpc) is 2.40. The van der Waals surface area contributed by atoms with Crippen LogP contribution in [0.1, 0.15) is 13.8 Å². The van der Waals surface area contributed by atoms with Gasteiger partial charge in [0.2, 0.25) is 5.91 Å². The Balaban J connectivity index is 2.22. The number of carbonyl (C=O) groups is 1. The fraction of sp³-hybridized carbons (Fsp3) is 0.538. The van der Waals surface area contributed by atoms with E-state index in [0.717, 1.165) is 0 Å². The highest BCUT2D eigenvalue weighted by atomic mass is 79.9. The number of hydrogen-bond acceptors (Lipinski definition) is 5. The molecule has 0 atom stereocenters. The van der Waals surface area contributed by atoms with Gasteiger partial charge in [-0.3, -0.25) is 19.9 Å². The molecule has 114 valence electrons. The minimum Gasteiger partial charge on any atom is -0.354 e. The average molecular weight is 357 g/mol. The number of rotatable bonds is 4. The summed E-state index contributed by atoms with van der Waals surface area (Å²) in [6, 6.07) is 0.